The highest BCUT2D eigenvalue weighted by Crippen LogP contribution is 2.12. The molecule has 7 nitrogen and oxygen atoms in total. The van der Waals surface area contributed by atoms with Crippen molar-refractivity contribution >= 4 is 21.8 Å². The number of nitrogens with one attached hydrogen (secondary N) is 2. The van der Waals surface area contributed by atoms with Crippen LogP contribution < -0.4 is 10.6 Å². The lowest BCUT2D eigenvalue weighted by atomic mass is 10.1. The molecule has 0 aromatic carbocycles. The first-order chi connectivity index (χ1) is 9.32. The van der Waals surface area contributed by atoms with Crippen LogP contribution in [0.1, 0.15) is 39.0 Å². The Morgan fingerprint density at radius 1 is 1.30 bits per heavy atom. The Balaban J connectivity index is 2.40. The number of sulfone groups is 1. The maximum Gasteiger partial charge on any atom is 0.315 e. The van der Waals surface area contributed by atoms with Gasteiger partial charge in [0.2, 0.25) is 0 Å². The molecule has 1 heterocycles. The second kappa shape index (κ2) is 7.47. The summed E-state index contributed by atoms with van der Waals surface area (Å²) in [5, 5.41) is 14.1. The largest absolute Gasteiger partial charge is 0.481 e. The van der Waals surface area contributed by atoms with Crippen molar-refractivity contribution in [1.82, 2.24) is 10.6 Å². The average molecular weight is 306 g/mol. The normalized spacial score (nSPS) is 20.1. The molecule has 1 aliphatic rings. The van der Waals surface area contributed by atoms with Crippen molar-refractivity contribution < 1.29 is 23.1 Å². The van der Waals surface area contributed by atoms with Gasteiger partial charge in [0.25, 0.3) is 0 Å². The monoisotopic (exact) mass is 306 g/mol. The molecule has 1 fully saturated rings. The number of amides is 2. The first-order valence-corrected chi connectivity index (χ1v) is 8.63. The maximum absolute atomic E-state index is 11.8. The third-order valence-electron chi connectivity index (χ3n) is 3.28. The van der Waals surface area contributed by atoms with Crippen molar-refractivity contribution in [2.45, 2.75) is 51.1 Å². The first-order valence-electron chi connectivity index (χ1n) is 6.81. The molecule has 0 bridgehead atoms. The van der Waals surface area contributed by atoms with Gasteiger partial charge in [-0.15, -0.1) is 0 Å². The minimum absolute atomic E-state index is 0.0888. The smallest absolute Gasteiger partial charge is 0.315 e. The Bertz CT molecular complexity index is 435. The van der Waals surface area contributed by atoms with Crippen LogP contribution in [0.4, 0.5) is 4.79 Å². The van der Waals surface area contributed by atoms with Gasteiger partial charge in [0, 0.05) is 12.1 Å². The summed E-state index contributed by atoms with van der Waals surface area (Å²) in [4.78, 5) is 22.5. The van der Waals surface area contributed by atoms with Crippen LogP contribution in [0.15, 0.2) is 0 Å². The molecule has 0 spiro atoms. The van der Waals surface area contributed by atoms with Gasteiger partial charge in [0.1, 0.15) is 9.84 Å². The van der Waals surface area contributed by atoms with Crippen molar-refractivity contribution in [3.05, 3.63) is 0 Å². The van der Waals surface area contributed by atoms with Crippen molar-refractivity contribution in [2.75, 3.05) is 11.5 Å². The Morgan fingerprint density at radius 2 is 1.90 bits per heavy atom. The molecule has 0 saturated carbocycles. The molecule has 20 heavy (non-hydrogen) atoms. The molecular formula is C12H22N2O5S. The Hall–Kier alpha value is -1.31. The van der Waals surface area contributed by atoms with E-state index in [1.807, 2.05) is 6.92 Å². The van der Waals surface area contributed by atoms with E-state index in [-0.39, 0.29) is 24.0 Å². The van der Waals surface area contributed by atoms with Gasteiger partial charge in [-0.1, -0.05) is 13.3 Å². The zero-order valence-corrected chi connectivity index (χ0v) is 12.4. The van der Waals surface area contributed by atoms with Crippen LogP contribution in [-0.4, -0.2) is 49.1 Å². The quantitative estimate of drug-likeness (QED) is 0.661. The highest BCUT2D eigenvalue weighted by atomic mass is 32.2. The standard InChI is InChI=1S/C12H22N2O5S/c1-2-3-10(8-11(15)16)14-12(17)13-9-4-6-20(18,19)7-5-9/h9-10H,2-8H2,1H3,(H,15,16)(H2,13,14,17). The van der Waals surface area contributed by atoms with Crippen molar-refractivity contribution in [1.29, 1.82) is 0 Å². The molecule has 0 aromatic rings. The lowest BCUT2D eigenvalue weighted by Gasteiger charge is -2.24. The molecule has 1 aliphatic heterocycles. The van der Waals surface area contributed by atoms with Crippen LogP contribution in [-0.2, 0) is 14.6 Å². The number of carboxylic acids is 1. The number of urea groups is 1. The van der Waals surface area contributed by atoms with E-state index in [0.717, 1.165) is 6.42 Å². The summed E-state index contributed by atoms with van der Waals surface area (Å²) in [7, 11) is -2.95. The van der Waals surface area contributed by atoms with E-state index in [0.29, 0.717) is 19.3 Å². The number of carbonyl (C=O) groups is 2. The van der Waals surface area contributed by atoms with Gasteiger partial charge in [-0.2, -0.15) is 0 Å². The van der Waals surface area contributed by atoms with Gasteiger partial charge in [0.15, 0.2) is 0 Å². The zero-order chi connectivity index (χ0) is 15.2. The summed E-state index contributed by atoms with van der Waals surface area (Å²) in [6, 6.07) is -0.982. The summed E-state index contributed by atoms with van der Waals surface area (Å²) in [6.45, 7) is 1.92. The van der Waals surface area contributed by atoms with Gasteiger partial charge in [-0.05, 0) is 19.3 Å². The molecule has 8 heteroatoms. The van der Waals surface area contributed by atoms with Crippen LogP contribution >= 0.6 is 0 Å². The first kappa shape index (κ1) is 16.7. The minimum Gasteiger partial charge on any atom is -0.481 e. The molecule has 0 radical (unpaired) electrons. The molecule has 1 rings (SSSR count). The van der Waals surface area contributed by atoms with Gasteiger partial charge in [-0.3, -0.25) is 4.79 Å². The molecular weight excluding hydrogens is 284 g/mol. The van der Waals surface area contributed by atoms with Crippen LogP contribution in [0.5, 0.6) is 0 Å². The van der Waals surface area contributed by atoms with E-state index in [4.69, 9.17) is 5.11 Å². The summed E-state index contributed by atoms with van der Waals surface area (Å²) in [5.74, 6) is -0.774. The third-order valence-corrected chi connectivity index (χ3v) is 5.00. The minimum atomic E-state index is -2.95. The number of rotatable bonds is 6. The average Bonchev–Trinajstić information content (AvgIpc) is 2.31. The van der Waals surface area contributed by atoms with E-state index < -0.39 is 27.9 Å². The second-order valence-electron chi connectivity index (χ2n) is 5.13. The molecule has 1 atom stereocenters. The number of hydrogen-bond acceptors (Lipinski definition) is 4. The lowest BCUT2D eigenvalue weighted by Crippen LogP contribution is -2.48. The fraction of sp³-hybridized carbons (Fsp3) is 0.833. The zero-order valence-electron chi connectivity index (χ0n) is 11.6. The van der Waals surface area contributed by atoms with Crippen molar-refractivity contribution in [3.8, 4) is 0 Å². The highest BCUT2D eigenvalue weighted by molar-refractivity contribution is 7.91. The van der Waals surface area contributed by atoms with E-state index in [1.165, 1.54) is 0 Å². The van der Waals surface area contributed by atoms with Crippen LogP contribution in [0.25, 0.3) is 0 Å². The number of carbonyl (C=O) groups excluding carboxylic acids is 1. The number of carboxylic acid groups (broad SMARTS) is 1. The summed E-state index contributed by atoms with van der Waals surface area (Å²) < 4.78 is 22.5. The lowest BCUT2D eigenvalue weighted by molar-refractivity contribution is -0.137. The summed E-state index contributed by atoms with van der Waals surface area (Å²) in [5.41, 5.74) is 0. The fourth-order valence-electron chi connectivity index (χ4n) is 2.23. The highest BCUT2D eigenvalue weighted by Gasteiger charge is 2.25. The number of hydrogen-bond donors (Lipinski definition) is 3. The Kier molecular flexibility index (Phi) is 6.25. The predicted octanol–water partition coefficient (Wildman–Crippen LogP) is 0.506. The molecule has 1 unspecified atom stereocenters. The van der Waals surface area contributed by atoms with Gasteiger partial charge in [0.05, 0.1) is 17.9 Å². The van der Waals surface area contributed by atoms with Crippen molar-refractivity contribution in [3.63, 3.8) is 0 Å². The van der Waals surface area contributed by atoms with Crippen molar-refractivity contribution in [2.24, 2.45) is 0 Å². The summed E-state index contributed by atoms with van der Waals surface area (Å²) in [6.07, 6.45) is 2.08. The summed E-state index contributed by atoms with van der Waals surface area (Å²) >= 11 is 0. The molecule has 2 amide bonds. The second-order valence-corrected chi connectivity index (χ2v) is 7.43. The van der Waals surface area contributed by atoms with E-state index in [9.17, 15) is 18.0 Å². The van der Waals surface area contributed by atoms with Gasteiger partial charge >= 0.3 is 12.0 Å². The molecule has 3 N–H and O–H groups in total. The van der Waals surface area contributed by atoms with Gasteiger partial charge < -0.3 is 15.7 Å². The van der Waals surface area contributed by atoms with Crippen LogP contribution in [0.2, 0.25) is 0 Å². The SMILES string of the molecule is CCCC(CC(=O)O)NC(=O)NC1CCS(=O)(=O)CC1. The van der Waals surface area contributed by atoms with Gasteiger partial charge in [-0.25, -0.2) is 13.2 Å². The third kappa shape index (κ3) is 6.23. The molecule has 1 saturated heterocycles. The Morgan fingerprint density at radius 3 is 2.40 bits per heavy atom. The fourth-order valence-corrected chi connectivity index (χ4v) is 3.72. The number of aliphatic carboxylic acids is 1. The van der Waals surface area contributed by atoms with E-state index in [1.54, 1.807) is 0 Å². The van der Waals surface area contributed by atoms with E-state index >= 15 is 0 Å². The molecule has 0 aromatic heterocycles. The molecule has 0 aliphatic carbocycles. The van der Waals surface area contributed by atoms with Crippen LogP contribution in [0, 0.1) is 0 Å². The van der Waals surface area contributed by atoms with Crippen LogP contribution in [0.3, 0.4) is 0 Å². The van der Waals surface area contributed by atoms with E-state index in [2.05, 4.69) is 10.6 Å². The topological polar surface area (TPSA) is 113 Å². The maximum atomic E-state index is 11.8. The molecule has 116 valence electrons. The predicted molar refractivity (Wildman–Crippen MR) is 74.3 cm³/mol. The Labute approximate surface area is 119 Å².